The minimum atomic E-state index is -1.14. The van der Waals surface area contributed by atoms with Crippen molar-refractivity contribution in [2.24, 2.45) is 0 Å². The predicted molar refractivity (Wildman–Crippen MR) is 83.1 cm³/mol. The topological polar surface area (TPSA) is 67.5 Å². The van der Waals surface area contributed by atoms with Gasteiger partial charge >= 0.3 is 5.97 Å². The van der Waals surface area contributed by atoms with E-state index in [1.54, 1.807) is 0 Å². The number of hydrogen-bond donors (Lipinski definition) is 1. The minimum Gasteiger partial charge on any atom is -0.477 e. The number of carboxylic acids is 1. The van der Waals surface area contributed by atoms with Gasteiger partial charge in [-0.25, -0.2) is 14.3 Å². The van der Waals surface area contributed by atoms with Crippen molar-refractivity contribution in [1.82, 2.24) is 14.6 Å². The molecule has 0 aliphatic rings. The van der Waals surface area contributed by atoms with Crippen LogP contribution in [0.25, 0.3) is 16.8 Å². The summed E-state index contributed by atoms with van der Waals surface area (Å²) in [4.78, 5) is 15.2. The maximum Gasteiger partial charge on any atom is 0.341 e. The molecule has 0 saturated heterocycles. The SMILES string of the molecule is O=C(O)c1cnn2c(Cl)c(-c3cccc(Br)c3)c(Cl)nc12. The van der Waals surface area contributed by atoms with Gasteiger partial charge in [0, 0.05) is 4.47 Å². The molecule has 0 aliphatic carbocycles. The van der Waals surface area contributed by atoms with Crippen LogP contribution in [0.2, 0.25) is 10.3 Å². The molecule has 3 aromatic rings. The van der Waals surface area contributed by atoms with Crippen LogP contribution in [-0.4, -0.2) is 25.7 Å². The molecule has 0 spiro atoms. The Bertz CT molecular complexity index is 879. The summed E-state index contributed by atoms with van der Waals surface area (Å²) < 4.78 is 2.12. The Morgan fingerprint density at radius 1 is 1.33 bits per heavy atom. The van der Waals surface area contributed by atoms with Crippen molar-refractivity contribution in [3.63, 3.8) is 0 Å². The Balaban J connectivity index is 2.33. The Labute approximate surface area is 137 Å². The average Bonchev–Trinajstić information content (AvgIpc) is 2.82. The van der Waals surface area contributed by atoms with E-state index in [9.17, 15) is 4.79 Å². The number of carboxylic acid groups (broad SMARTS) is 1. The van der Waals surface area contributed by atoms with Crippen molar-refractivity contribution in [3.8, 4) is 11.1 Å². The van der Waals surface area contributed by atoms with E-state index in [1.165, 1.54) is 10.7 Å². The first-order valence-corrected chi connectivity index (χ1v) is 7.26. The largest absolute Gasteiger partial charge is 0.477 e. The molecule has 21 heavy (non-hydrogen) atoms. The third kappa shape index (κ3) is 2.39. The van der Waals surface area contributed by atoms with E-state index < -0.39 is 5.97 Å². The molecular formula is C13H6BrCl2N3O2. The summed E-state index contributed by atoms with van der Waals surface area (Å²) in [5.74, 6) is -1.14. The Kier molecular flexibility index (Phi) is 3.61. The highest BCUT2D eigenvalue weighted by Crippen LogP contribution is 2.35. The molecule has 1 aromatic carbocycles. The summed E-state index contributed by atoms with van der Waals surface area (Å²) in [6, 6.07) is 7.37. The van der Waals surface area contributed by atoms with Gasteiger partial charge in [0.05, 0.1) is 11.8 Å². The van der Waals surface area contributed by atoms with Crippen molar-refractivity contribution in [3.05, 3.63) is 50.8 Å². The zero-order valence-corrected chi connectivity index (χ0v) is 13.3. The van der Waals surface area contributed by atoms with Gasteiger partial charge in [0.1, 0.15) is 15.9 Å². The van der Waals surface area contributed by atoms with Gasteiger partial charge in [-0.1, -0.05) is 51.3 Å². The first-order chi connectivity index (χ1) is 9.99. The lowest BCUT2D eigenvalue weighted by molar-refractivity contribution is 0.0699. The van der Waals surface area contributed by atoms with Gasteiger partial charge in [-0.15, -0.1) is 0 Å². The summed E-state index contributed by atoms with van der Waals surface area (Å²) >= 11 is 15.9. The van der Waals surface area contributed by atoms with Gasteiger partial charge < -0.3 is 5.11 Å². The summed E-state index contributed by atoms with van der Waals surface area (Å²) in [6.07, 6.45) is 1.19. The van der Waals surface area contributed by atoms with E-state index in [0.717, 1.165) is 10.0 Å². The van der Waals surface area contributed by atoms with Crippen LogP contribution in [0.3, 0.4) is 0 Å². The first kappa shape index (κ1) is 14.3. The number of benzene rings is 1. The molecule has 0 radical (unpaired) electrons. The van der Waals surface area contributed by atoms with Crippen molar-refractivity contribution in [2.75, 3.05) is 0 Å². The maximum atomic E-state index is 11.1. The third-order valence-corrected chi connectivity index (χ3v) is 4.01. The molecule has 8 heteroatoms. The van der Waals surface area contributed by atoms with Crippen molar-refractivity contribution < 1.29 is 9.90 Å². The molecule has 0 saturated carbocycles. The number of nitrogens with zero attached hydrogens (tertiary/aromatic N) is 3. The number of fused-ring (bicyclic) bond motifs is 1. The molecule has 2 aromatic heterocycles. The summed E-state index contributed by atoms with van der Waals surface area (Å²) in [7, 11) is 0. The van der Waals surface area contributed by atoms with Crippen molar-refractivity contribution in [2.45, 2.75) is 0 Å². The van der Waals surface area contributed by atoms with Crippen LogP contribution in [0.1, 0.15) is 10.4 Å². The predicted octanol–water partition coefficient (Wildman–Crippen LogP) is 4.16. The number of hydrogen-bond acceptors (Lipinski definition) is 3. The lowest BCUT2D eigenvalue weighted by Gasteiger charge is -2.09. The zero-order chi connectivity index (χ0) is 15.1. The van der Waals surface area contributed by atoms with E-state index in [2.05, 4.69) is 26.0 Å². The number of halogens is 3. The van der Waals surface area contributed by atoms with Gasteiger partial charge in [0.2, 0.25) is 0 Å². The molecule has 1 N–H and O–H groups in total. The molecular weight excluding hydrogens is 381 g/mol. The normalized spacial score (nSPS) is 11.0. The Hall–Kier alpha value is -1.63. The molecule has 5 nitrogen and oxygen atoms in total. The zero-order valence-electron chi connectivity index (χ0n) is 10.2. The average molecular weight is 387 g/mol. The van der Waals surface area contributed by atoms with E-state index in [-0.39, 0.29) is 21.5 Å². The number of carbonyl (C=O) groups is 1. The van der Waals surface area contributed by atoms with Crippen LogP contribution in [0.5, 0.6) is 0 Å². The summed E-state index contributed by atoms with van der Waals surface area (Å²) in [5.41, 5.74) is 1.30. The lowest BCUT2D eigenvalue weighted by Crippen LogP contribution is -2.01. The molecule has 0 unspecified atom stereocenters. The molecule has 106 valence electrons. The fraction of sp³-hybridized carbons (Fsp3) is 0. The molecule has 0 aliphatic heterocycles. The lowest BCUT2D eigenvalue weighted by atomic mass is 10.1. The fourth-order valence-corrected chi connectivity index (χ4v) is 3.01. The highest BCUT2D eigenvalue weighted by Gasteiger charge is 2.20. The standard InChI is InChI=1S/C13H6BrCl2N3O2/c14-7-3-1-2-6(4-7)9-10(15)18-12-8(13(20)21)5-17-19(12)11(9)16/h1-5H,(H,20,21). The molecule has 2 heterocycles. The molecule has 0 amide bonds. The molecule has 0 fully saturated rings. The van der Waals surface area contributed by atoms with Crippen LogP contribution >= 0.6 is 39.1 Å². The van der Waals surface area contributed by atoms with E-state index >= 15 is 0 Å². The summed E-state index contributed by atoms with van der Waals surface area (Å²) in [5, 5.41) is 13.4. The van der Waals surface area contributed by atoms with Gasteiger partial charge in [-0.3, -0.25) is 0 Å². The van der Waals surface area contributed by atoms with Gasteiger partial charge in [0.15, 0.2) is 5.65 Å². The third-order valence-electron chi connectivity index (χ3n) is 2.89. The number of aromatic nitrogens is 3. The monoisotopic (exact) mass is 385 g/mol. The van der Waals surface area contributed by atoms with E-state index in [4.69, 9.17) is 28.3 Å². The first-order valence-electron chi connectivity index (χ1n) is 5.71. The summed E-state index contributed by atoms with van der Waals surface area (Å²) in [6.45, 7) is 0. The number of aromatic carboxylic acids is 1. The van der Waals surface area contributed by atoms with Crippen molar-refractivity contribution in [1.29, 1.82) is 0 Å². The van der Waals surface area contributed by atoms with Gasteiger partial charge in [-0.05, 0) is 17.7 Å². The van der Waals surface area contributed by atoms with Crippen molar-refractivity contribution >= 4 is 50.7 Å². The van der Waals surface area contributed by atoms with Crippen LogP contribution < -0.4 is 0 Å². The molecule has 0 atom stereocenters. The quantitative estimate of drug-likeness (QED) is 0.671. The van der Waals surface area contributed by atoms with Gasteiger partial charge in [0.25, 0.3) is 0 Å². The Morgan fingerprint density at radius 3 is 2.76 bits per heavy atom. The second kappa shape index (κ2) is 5.29. The Morgan fingerprint density at radius 2 is 2.10 bits per heavy atom. The van der Waals surface area contributed by atoms with Gasteiger partial charge in [-0.2, -0.15) is 5.10 Å². The number of rotatable bonds is 2. The van der Waals surface area contributed by atoms with Crippen LogP contribution in [-0.2, 0) is 0 Å². The van der Waals surface area contributed by atoms with Crippen LogP contribution in [0, 0.1) is 0 Å². The highest BCUT2D eigenvalue weighted by atomic mass is 79.9. The van der Waals surface area contributed by atoms with E-state index in [0.29, 0.717) is 5.56 Å². The van der Waals surface area contributed by atoms with E-state index in [1.807, 2.05) is 24.3 Å². The highest BCUT2D eigenvalue weighted by molar-refractivity contribution is 9.10. The smallest absolute Gasteiger partial charge is 0.341 e. The second-order valence-electron chi connectivity index (χ2n) is 4.18. The minimum absolute atomic E-state index is 0.0559. The molecule has 0 bridgehead atoms. The maximum absolute atomic E-state index is 11.1. The second-order valence-corrected chi connectivity index (χ2v) is 5.81. The molecule has 3 rings (SSSR count). The fourth-order valence-electron chi connectivity index (χ4n) is 1.97. The van der Waals surface area contributed by atoms with Crippen LogP contribution in [0.15, 0.2) is 34.9 Å². The van der Waals surface area contributed by atoms with Crippen LogP contribution in [0.4, 0.5) is 0 Å².